The van der Waals surface area contributed by atoms with E-state index >= 15 is 0 Å². The lowest BCUT2D eigenvalue weighted by Gasteiger charge is -2.15. The molecule has 2 aromatic heterocycles. The van der Waals surface area contributed by atoms with Crippen LogP contribution in [0, 0.1) is 0 Å². The van der Waals surface area contributed by atoms with Crippen LogP contribution in [-0.4, -0.2) is 16.8 Å². The van der Waals surface area contributed by atoms with Crippen LogP contribution in [0.15, 0.2) is 81.2 Å². The van der Waals surface area contributed by atoms with Gasteiger partial charge in [-0.15, -0.1) is 22.7 Å². The molecule has 2 N–H and O–H groups in total. The molecule has 0 aliphatic heterocycles. The van der Waals surface area contributed by atoms with Crippen LogP contribution >= 0.6 is 45.9 Å². The van der Waals surface area contributed by atoms with Crippen molar-refractivity contribution in [3.63, 3.8) is 0 Å². The minimum Gasteiger partial charge on any atom is -0.277 e. The molecule has 0 unspecified atom stereocenters. The summed E-state index contributed by atoms with van der Waals surface area (Å²) in [4.78, 5) is 0. The molecule has 0 saturated heterocycles. The van der Waals surface area contributed by atoms with Crippen LogP contribution in [0.25, 0.3) is 11.1 Å². The second-order valence-electron chi connectivity index (χ2n) is 6.45. The quantitative estimate of drug-likeness (QED) is 0.282. The Hall–Kier alpha value is -2.08. The summed E-state index contributed by atoms with van der Waals surface area (Å²) >= 11 is 13.6. The van der Waals surface area contributed by atoms with E-state index in [9.17, 15) is 16.8 Å². The van der Waals surface area contributed by atoms with Gasteiger partial charge in [0.1, 0.15) is 8.42 Å². The molecule has 0 saturated carbocycles. The lowest BCUT2D eigenvalue weighted by atomic mass is 10.0. The summed E-state index contributed by atoms with van der Waals surface area (Å²) in [5, 5.41) is 0. The zero-order chi connectivity index (χ0) is 22.9. The first-order valence-electron chi connectivity index (χ1n) is 8.90. The SMILES string of the molecule is O=S(=O)(Nc1ccc(-c2ccccc2)cc1NS(=O)(=O)c1ccc(Cl)s1)c1ccc(Cl)s1. The van der Waals surface area contributed by atoms with Gasteiger partial charge in [0.15, 0.2) is 0 Å². The Morgan fingerprint density at radius 2 is 1.12 bits per heavy atom. The van der Waals surface area contributed by atoms with Crippen molar-refractivity contribution in [3.8, 4) is 11.1 Å². The number of halogens is 2. The van der Waals surface area contributed by atoms with E-state index in [-0.39, 0.29) is 19.8 Å². The van der Waals surface area contributed by atoms with Crippen molar-refractivity contribution in [2.45, 2.75) is 8.42 Å². The largest absolute Gasteiger partial charge is 0.277 e. The molecule has 2 aromatic carbocycles. The van der Waals surface area contributed by atoms with Gasteiger partial charge < -0.3 is 0 Å². The number of hydrogen-bond donors (Lipinski definition) is 2. The molecule has 2 heterocycles. The third-order valence-corrected chi connectivity index (χ3v) is 10.4. The van der Waals surface area contributed by atoms with Gasteiger partial charge in [-0.2, -0.15) is 0 Å². The minimum atomic E-state index is -4.00. The molecule has 0 spiro atoms. The molecule has 0 atom stereocenters. The van der Waals surface area contributed by atoms with Gasteiger partial charge in [0.05, 0.1) is 20.0 Å². The highest BCUT2D eigenvalue weighted by atomic mass is 35.5. The van der Waals surface area contributed by atoms with Crippen molar-refractivity contribution in [2.24, 2.45) is 0 Å². The third kappa shape index (κ3) is 5.11. The number of benzene rings is 2. The van der Waals surface area contributed by atoms with E-state index in [1.165, 1.54) is 30.3 Å². The number of sulfonamides is 2. The molecule has 4 rings (SSSR count). The molecule has 0 fully saturated rings. The molecule has 0 amide bonds. The van der Waals surface area contributed by atoms with Gasteiger partial charge in [-0.1, -0.05) is 59.6 Å². The van der Waals surface area contributed by atoms with E-state index in [0.29, 0.717) is 14.2 Å². The van der Waals surface area contributed by atoms with Gasteiger partial charge in [0.2, 0.25) is 0 Å². The first kappa shape index (κ1) is 23.1. The Balaban J connectivity index is 1.77. The van der Waals surface area contributed by atoms with Crippen LogP contribution in [0.5, 0.6) is 0 Å². The van der Waals surface area contributed by atoms with Gasteiger partial charge in [-0.3, -0.25) is 9.44 Å². The average Bonchev–Trinajstić information content (AvgIpc) is 3.39. The Morgan fingerprint density at radius 3 is 1.62 bits per heavy atom. The normalized spacial score (nSPS) is 11.9. The van der Waals surface area contributed by atoms with Gasteiger partial charge in [-0.05, 0) is 47.5 Å². The van der Waals surface area contributed by atoms with Crippen molar-refractivity contribution < 1.29 is 16.8 Å². The van der Waals surface area contributed by atoms with Gasteiger partial charge in [-0.25, -0.2) is 16.8 Å². The smallest absolute Gasteiger partial charge is 0.271 e. The van der Waals surface area contributed by atoms with Crippen molar-refractivity contribution in [1.82, 2.24) is 0 Å². The molecular formula is C20H14Cl2N2O4S4. The highest BCUT2D eigenvalue weighted by Gasteiger charge is 2.22. The van der Waals surface area contributed by atoms with Gasteiger partial charge in [0.25, 0.3) is 20.0 Å². The van der Waals surface area contributed by atoms with E-state index in [1.807, 2.05) is 30.3 Å². The predicted molar refractivity (Wildman–Crippen MR) is 132 cm³/mol. The molecule has 0 aliphatic carbocycles. The van der Waals surface area contributed by atoms with Crippen molar-refractivity contribution in [3.05, 3.63) is 81.5 Å². The fraction of sp³-hybridized carbons (Fsp3) is 0. The lowest BCUT2D eigenvalue weighted by Crippen LogP contribution is -2.16. The van der Waals surface area contributed by atoms with Crippen LogP contribution in [-0.2, 0) is 20.0 Å². The molecule has 0 radical (unpaired) electrons. The highest BCUT2D eigenvalue weighted by molar-refractivity contribution is 7.95. The molecule has 6 nitrogen and oxygen atoms in total. The zero-order valence-corrected chi connectivity index (χ0v) is 20.7. The summed E-state index contributed by atoms with van der Waals surface area (Å²) in [5.41, 5.74) is 1.68. The van der Waals surface area contributed by atoms with Crippen LogP contribution in [0.2, 0.25) is 8.67 Å². The lowest BCUT2D eigenvalue weighted by molar-refractivity contribution is 0.601. The van der Waals surface area contributed by atoms with E-state index in [1.54, 1.807) is 12.1 Å². The van der Waals surface area contributed by atoms with Crippen molar-refractivity contribution >= 4 is 77.3 Å². The number of anilines is 2. The Morgan fingerprint density at radius 1 is 0.594 bits per heavy atom. The van der Waals surface area contributed by atoms with Crippen LogP contribution < -0.4 is 9.44 Å². The van der Waals surface area contributed by atoms with Gasteiger partial charge >= 0.3 is 0 Å². The molecule has 32 heavy (non-hydrogen) atoms. The maximum absolute atomic E-state index is 12.9. The second-order valence-corrected chi connectivity index (χ2v) is 13.7. The minimum absolute atomic E-state index is 0.00598. The summed E-state index contributed by atoms with van der Waals surface area (Å²) in [6, 6.07) is 19.8. The van der Waals surface area contributed by atoms with E-state index < -0.39 is 20.0 Å². The Labute approximate surface area is 203 Å². The molecular weight excluding hydrogens is 531 g/mol. The number of nitrogens with one attached hydrogen (secondary N) is 2. The van der Waals surface area contributed by atoms with Crippen molar-refractivity contribution in [1.29, 1.82) is 0 Å². The van der Waals surface area contributed by atoms with E-state index in [2.05, 4.69) is 9.44 Å². The molecule has 12 heteroatoms. The molecule has 4 aromatic rings. The molecule has 0 bridgehead atoms. The predicted octanol–water partition coefficient (Wildman–Crippen LogP) is 6.39. The topological polar surface area (TPSA) is 92.3 Å². The Bertz CT molecular complexity index is 1480. The van der Waals surface area contributed by atoms with Crippen LogP contribution in [0.1, 0.15) is 0 Å². The van der Waals surface area contributed by atoms with Gasteiger partial charge in [0, 0.05) is 0 Å². The molecule has 0 aliphatic rings. The first-order chi connectivity index (χ1) is 15.1. The monoisotopic (exact) mass is 544 g/mol. The van der Waals surface area contributed by atoms with E-state index in [4.69, 9.17) is 23.2 Å². The fourth-order valence-electron chi connectivity index (χ4n) is 2.80. The number of rotatable bonds is 7. The fourth-order valence-corrected chi connectivity index (χ4v) is 7.92. The number of hydrogen-bond acceptors (Lipinski definition) is 6. The van der Waals surface area contributed by atoms with Crippen LogP contribution in [0.3, 0.4) is 0 Å². The average molecular weight is 546 g/mol. The number of thiophene rings is 2. The summed E-state index contributed by atoms with van der Waals surface area (Å²) < 4.78 is 57.0. The standard InChI is InChI=1S/C20H14Cl2N2O4S4/c21-17-8-10-19(29-17)31(25,26)23-15-7-6-14(13-4-2-1-3-5-13)12-16(15)24-32(27,28)20-11-9-18(22)30-20/h1-12,23-24H. The summed E-state index contributed by atoms with van der Waals surface area (Å²) in [5.74, 6) is 0. The molecule has 166 valence electrons. The van der Waals surface area contributed by atoms with Crippen molar-refractivity contribution in [2.75, 3.05) is 9.44 Å². The first-order valence-corrected chi connectivity index (χ1v) is 14.3. The zero-order valence-electron chi connectivity index (χ0n) is 16.0. The van der Waals surface area contributed by atoms with E-state index in [0.717, 1.165) is 28.2 Å². The second kappa shape index (κ2) is 9.05. The van der Waals surface area contributed by atoms with Crippen LogP contribution in [0.4, 0.5) is 11.4 Å². The Kier molecular flexibility index (Phi) is 6.53. The summed E-state index contributed by atoms with van der Waals surface area (Å²) in [6.07, 6.45) is 0. The maximum Gasteiger partial charge on any atom is 0.271 e. The summed E-state index contributed by atoms with van der Waals surface area (Å²) in [6.45, 7) is 0. The third-order valence-electron chi connectivity index (χ3n) is 4.24. The maximum atomic E-state index is 12.9. The summed E-state index contributed by atoms with van der Waals surface area (Å²) in [7, 11) is -7.98. The highest BCUT2D eigenvalue weighted by Crippen LogP contribution is 2.35.